The van der Waals surface area contributed by atoms with Crippen molar-refractivity contribution in [3.63, 3.8) is 0 Å². The lowest BCUT2D eigenvalue weighted by atomic mass is 10.2. The second-order valence-electron chi connectivity index (χ2n) is 4.15. The molecule has 1 aliphatic rings. The number of halogens is 2. The van der Waals surface area contributed by atoms with Crippen LogP contribution in [0.2, 0.25) is 0 Å². The standard InChI is InChI=1S/C12H15F2NO/c1-8-2-4-10(16-8)7-15-12-5-3-9(13)6-11(12)14/h3,5-6,8,10,15H,2,4,7H2,1H3. The monoisotopic (exact) mass is 227 g/mol. The number of ether oxygens (including phenoxy) is 1. The molecule has 88 valence electrons. The fourth-order valence-corrected chi connectivity index (χ4v) is 1.89. The average Bonchev–Trinajstić information content (AvgIpc) is 2.63. The summed E-state index contributed by atoms with van der Waals surface area (Å²) in [5, 5.41) is 2.94. The van der Waals surface area contributed by atoms with E-state index in [2.05, 4.69) is 5.32 Å². The Balaban J connectivity index is 1.89. The molecule has 0 aliphatic carbocycles. The lowest BCUT2D eigenvalue weighted by Crippen LogP contribution is -2.20. The fraction of sp³-hybridized carbons (Fsp3) is 0.500. The normalized spacial score (nSPS) is 24.7. The summed E-state index contributed by atoms with van der Waals surface area (Å²) in [6, 6.07) is 3.52. The number of nitrogens with one attached hydrogen (secondary N) is 1. The van der Waals surface area contributed by atoms with Crippen molar-refractivity contribution in [2.75, 3.05) is 11.9 Å². The first kappa shape index (κ1) is 11.3. The Bertz CT molecular complexity index is 370. The summed E-state index contributed by atoms with van der Waals surface area (Å²) in [4.78, 5) is 0. The highest BCUT2D eigenvalue weighted by molar-refractivity contribution is 5.44. The second-order valence-corrected chi connectivity index (χ2v) is 4.15. The summed E-state index contributed by atoms with van der Waals surface area (Å²) in [6.07, 6.45) is 2.43. The highest BCUT2D eigenvalue weighted by atomic mass is 19.1. The van der Waals surface area contributed by atoms with Crippen LogP contribution in [0.15, 0.2) is 18.2 Å². The lowest BCUT2D eigenvalue weighted by molar-refractivity contribution is 0.0636. The molecule has 1 aliphatic heterocycles. The molecule has 0 saturated carbocycles. The Morgan fingerprint density at radius 2 is 2.19 bits per heavy atom. The van der Waals surface area contributed by atoms with E-state index in [1.54, 1.807) is 0 Å². The van der Waals surface area contributed by atoms with Gasteiger partial charge >= 0.3 is 0 Å². The maximum atomic E-state index is 13.3. The molecule has 2 rings (SSSR count). The first-order valence-electron chi connectivity index (χ1n) is 5.49. The number of anilines is 1. The zero-order valence-electron chi connectivity index (χ0n) is 9.17. The third-order valence-corrected chi connectivity index (χ3v) is 2.77. The molecule has 0 amide bonds. The molecule has 1 heterocycles. The van der Waals surface area contributed by atoms with Gasteiger partial charge in [-0.2, -0.15) is 0 Å². The van der Waals surface area contributed by atoms with Gasteiger partial charge in [-0.15, -0.1) is 0 Å². The fourth-order valence-electron chi connectivity index (χ4n) is 1.89. The van der Waals surface area contributed by atoms with Gasteiger partial charge in [0.2, 0.25) is 0 Å². The van der Waals surface area contributed by atoms with Crippen LogP contribution in [0.5, 0.6) is 0 Å². The predicted molar refractivity (Wildman–Crippen MR) is 58.4 cm³/mol. The van der Waals surface area contributed by atoms with Crippen LogP contribution in [0, 0.1) is 11.6 Å². The first-order valence-corrected chi connectivity index (χ1v) is 5.49. The minimum absolute atomic E-state index is 0.124. The van der Waals surface area contributed by atoms with Crippen molar-refractivity contribution in [3.05, 3.63) is 29.8 Å². The minimum atomic E-state index is -0.564. The third kappa shape index (κ3) is 2.70. The maximum Gasteiger partial charge on any atom is 0.149 e. The third-order valence-electron chi connectivity index (χ3n) is 2.77. The molecule has 2 nitrogen and oxygen atoms in total. The molecule has 1 N–H and O–H groups in total. The molecule has 1 fully saturated rings. The van der Waals surface area contributed by atoms with E-state index in [0.717, 1.165) is 18.9 Å². The average molecular weight is 227 g/mol. The summed E-state index contributed by atoms with van der Waals surface area (Å²) in [6.45, 7) is 2.59. The summed E-state index contributed by atoms with van der Waals surface area (Å²) >= 11 is 0. The first-order chi connectivity index (χ1) is 7.65. The van der Waals surface area contributed by atoms with Crippen molar-refractivity contribution in [1.29, 1.82) is 0 Å². The molecule has 0 spiro atoms. The van der Waals surface area contributed by atoms with E-state index in [0.29, 0.717) is 12.2 Å². The van der Waals surface area contributed by atoms with E-state index in [1.165, 1.54) is 12.1 Å². The summed E-state index contributed by atoms with van der Waals surface area (Å²) < 4.78 is 31.5. The molecule has 1 saturated heterocycles. The SMILES string of the molecule is CC1CCC(CNc2ccc(F)cc2F)O1. The summed E-state index contributed by atoms with van der Waals surface area (Å²) in [7, 11) is 0. The molecule has 0 bridgehead atoms. The highest BCUT2D eigenvalue weighted by Gasteiger charge is 2.21. The van der Waals surface area contributed by atoms with Crippen LogP contribution in [0.4, 0.5) is 14.5 Å². The van der Waals surface area contributed by atoms with Crippen LogP contribution >= 0.6 is 0 Å². The molecule has 0 radical (unpaired) electrons. The van der Waals surface area contributed by atoms with E-state index >= 15 is 0 Å². The Labute approximate surface area is 93.6 Å². The van der Waals surface area contributed by atoms with Crippen LogP contribution in [0.3, 0.4) is 0 Å². The molecule has 16 heavy (non-hydrogen) atoms. The van der Waals surface area contributed by atoms with Crippen molar-refractivity contribution in [2.24, 2.45) is 0 Å². The molecular weight excluding hydrogens is 212 g/mol. The van der Waals surface area contributed by atoms with E-state index in [-0.39, 0.29) is 12.2 Å². The number of hydrogen-bond acceptors (Lipinski definition) is 2. The largest absolute Gasteiger partial charge is 0.380 e. The van der Waals surface area contributed by atoms with Gasteiger partial charge in [0, 0.05) is 12.6 Å². The van der Waals surface area contributed by atoms with E-state index < -0.39 is 11.6 Å². The number of hydrogen-bond donors (Lipinski definition) is 1. The highest BCUT2D eigenvalue weighted by Crippen LogP contribution is 2.20. The van der Waals surface area contributed by atoms with Gasteiger partial charge in [-0.05, 0) is 31.9 Å². The van der Waals surface area contributed by atoms with Crippen molar-refractivity contribution >= 4 is 5.69 Å². The molecule has 1 aromatic carbocycles. The zero-order valence-corrected chi connectivity index (χ0v) is 9.17. The molecule has 0 aromatic heterocycles. The van der Waals surface area contributed by atoms with E-state index in [9.17, 15) is 8.78 Å². The van der Waals surface area contributed by atoms with E-state index in [4.69, 9.17) is 4.74 Å². The Morgan fingerprint density at radius 3 is 2.81 bits per heavy atom. The topological polar surface area (TPSA) is 21.3 Å². The van der Waals surface area contributed by atoms with Gasteiger partial charge in [0.1, 0.15) is 11.6 Å². The van der Waals surface area contributed by atoms with Crippen LogP contribution in [-0.4, -0.2) is 18.8 Å². The van der Waals surface area contributed by atoms with Crippen LogP contribution in [0.1, 0.15) is 19.8 Å². The van der Waals surface area contributed by atoms with Crippen molar-refractivity contribution in [3.8, 4) is 0 Å². The summed E-state index contributed by atoms with van der Waals surface area (Å²) in [5.74, 6) is -1.13. The van der Waals surface area contributed by atoms with Crippen LogP contribution in [0.25, 0.3) is 0 Å². The predicted octanol–water partition coefficient (Wildman–Crippen LogP) is 2.94. The molecule has 2 unspecified atom stereocenters. The van der Waals surface area contributed by atoms with Gasteiger partial charge in [-0.1, -0.05) is 0 Å². The maximum absolute atomic E-state index is 13.3. The lowest BCUT2D eigenvalue weighted by Gasteiger charge is -2.13. The number of rotatable bonds is 3. The van der Waals surface area contributed by atoms with Gasteiger partial charge in [0.05, 0.1) is 17.9 Å². The Morgan fingerprint density at radius 1 is 1.38 bits per heavy atom. The Hall–Kier alpha value is -1.16. The Kier molecular flexibility index (Phi) is 3.39. The van der Waals surface area contributed by atoms with Crippen molar-refractivity contribution in [1.82, 2.24) is 0 Å². The summed E-state index contributed by atoms with van der Waals surface area (Å²) in [5.41, 5.74) is 0.324. The molecule has 4 heteroatoms. The van der Waals surface area contributed by atoms with Crippen molar-refractivity contribution < 1.29 is 13.5 Å². The van der Waals surface area contributed by atoms with Crippen LogP contribution < -0.4 is 5.32 Å². The second kappa shape index (κ2) is 4.78. The van der Waals surface area contributed by atoms with Gasteiger partial charge in [-0.3, -0.25) is 0 Å². The zero-order chi connectivity index (χ0) is 11.5. The number of benzene rings is 1. The quantitative estimate of drug-likeness (QED) is 0.857. The smallest absolute Gasteiger partial charge is 0.149 e. The molecule has 1 aromatic rings. The van der Waals surface area contributed by atoms with Gasteiger partial charge in [0.25, 0.3) is 0 Å². The van der Waals surface area contributed by atoms with Crippen LogP contribution in [-0.2, 0) is 4.74 Å². The minimum Gasteiger partial charge on any atom is -0.380 e. The van der Waals surface area contributed by atoms with Crippen molar-refractivity contribution in [2.45, 2.75) is 32.0 Å². The van der Waals surface area contributed by atoms with E-state index in [1.807, 2.05) is 6.92 Å². The molecule has 2 atom stereocenters. The van der Waals surface area contributed by atoms with Gasteiger partial charge < -0.3 is 10.1 Å². The van der Waals surface area contributed by atoms with Gasteiger partial charge in [0.15, 0.2) is 0 Å². The van der Waals surface area contributed by atoms with Gasteiger partial charge in [-0.25, -0.2) is 8.78 Å². The molecular formula is C12H15F2NO.